The van der Waals surface area contributed by atoms with Crippen LogP contribution in [0.4, 0.5) is 0 Å². The van der Waals surface area contributed by atoms with Crippen LogP contribution in [0, 0.1) is 5.92 Å². The van der Waals surface area contributed by atoms with Crippen molar-refractivity contribution in [1.29, 1.82) is 0 Å². The quantitative estimate of drug-likeness (QED) is 0.684. The lowest BCUT2D eigenvalue weighted by molar-refractivity contribution is 0.338. The van der Waals surface area contributed by atoms with Crippen LogP contribution in [0.2, 0.25) is 0 Å². The van der Waals surface area contributed by atoms with Gasteiger partial charge in [-0.25, -0.2) is 0 Å². The van der Waals surface area contributed by atoms with E-state index in [4.69, 9.17) is 0 Å². The van der Waals surface area contributed by atoms with E-state index in [0.29, 0.717) is 6.04 Å². The van der Waals surface area contributed by atoms with E-state index in [-0.39, 0.29) is 0 Å². The molecule has 1 aliphatic carbocycles. The summed E-state index contributed by atoms with van der Waals surface area (Å²) in [7, 11) is 0. The molecule has 0 spiro atoms. The van der Waals surface area contributed by atoms with Crippen molar-refractivity contribution in [3.8, 4) is 0 Å². The minimum absolute atomic E-state index is 0.713. The summed E-state index contributed by atoms with van der Waals surface area (Å²) in [5.41, 5.74) is 0. The van der Waals surface area contributed by atoms with Gasteiger partial charge in [0.15, 0.2) is 0 Å². The Hall–Kier alpha value is -0.0400. The van der Waals surface area contributed by atoms with Gasteiger partial charge in [0, 0.05) is 12.1 Å². The van der Waals surface area contributed by atoms with Crippen LogP contribution < -0.4 is 5.32 Å². The highest BCUT2D eigenvalue weighted by Gasteiger charge is 2.21. The van der Waals surface area contributed by atoms with Crippen molar-refractivity contribution in [3.63, 3.8) is 0 Å². The maximum absolute atomic E-state index is 3.76. The Labute approximate surface area is 89.7 Å². The Morgan fingerprint density at radius 3 is 2.43 bits per heavy atom. The Morgan fingerprint density at radius 2 is 1.86 bits per heavy atom. The second-order valence-corrected chi connectivity index (χ2v) is 5.04. The molecule has 1 saturated carbocycles. The highest BCUT2D eigenvalue weighted by molar-refractivity contribution is 4.79. The molecule has 1 aliphatic rings. The minimum atomic E-state index is 0.713. The molecule has 0 saturated heterocycles. The molecule has 0 radical (unpaired) electrons. The second-order valence-electron chi connectivity index (χ2n) is 5.04. The molecule has 0 heterocycles. The molecule has 1 N–H and O–H groups in total. The number of hydrogen-bond acceptors (Lipinski definition) is 1. The predicted molar refractivity (Wildman–Crippen MR) is 63.5 cm³/mol. The van der Waals surface area contributed by atoms with E-state index in [1.165, 1.54) is 44.9 Å². The molecule has 0 aromatic carbocycles. The van der Waals surface area contributed by atoms with E-state index >= 15 is 0 Å². The molecule has 14 heavy (non-hydrogen) atoms. The predicted octanol–water partition coefficient (Wildman–Crippen LogP) is 3.73. The Morgan fingerprint density at radius 1 is 1.21 bits per heavy atom. The van der Waals surface area contributed by atoms with E-state index in [9.17, 15) is 0 Å². The van der Waals surface area contributed by atoms with Crippen LogP contribution in [0.15, 0.2) is 0 Å². The van der Waals surface area contributed by atoms with Gasteiger partial charge in [-0.05, 0) is 39.0 Å². The van der Waals surface area contributed by atoms with E-state index < -0.39 is 0 Å². The lowest BCUT2D eigenvalue weighted by atomic mass is 9.98. The summed E-state index contributed by atoms with van der Waals surface area (Å²) >= 11 is 0. The summed E-state index contributed by atoms with van der Waals surface area (Å²) in [6, 6.07) is 1.45. The fourth-order valence-corrected chi connectivity index (χ4v) is 2.64. The highest BCUT2D eigenvalue weighted by Crippen LogP contribution is 2.27. The third-order valence-electron chi connectivity index (χ3n) is 3.65. The van der Waals surface area contributed by atoms with Crippen molar-refractivity contribution in [2.24, 2.45) is 5.92 Å². The summed E-state index contributed by atoms with van der Waals surface area (Å²) in [4.78, 5) is 0. The van der Waals surface area contributed by atoms with Crippen molar-refractivity contribution in [2.75, 3.05) is 0 Å². The molecule has 2 atom stereocenters. The number of rotatable bonds is 6. The zero-order valence-corrected chi connectivity index (χ0v) is 10.2. The van der Waals surface area contributed by atoms with Crippen LogP contribution in [-0.2, 0) is 0 Å². The van der Waals surface area contributed by atoms with Crippen LogP contribution >= 0.6 is 0 Å². The first-order chi connectivity index (χ1) is 6.74. The van der Waals surface area contributed by atoms with Gasteiger partial charge in [0.25, 0.3) is 0 Å². The maximum Gasteiger partial charge on any atom is 0.00694 e. The van der Waals surface area contributed by atoms with Crippen LogP contribution in [0.3, 0.4) is 0 Å². The van der Waals surface area contributed by atoms with Crippen molar-refractivity contribution >= 4 is 0 Å². The van der Waals surface area contributed by atoms with Gasteiger partial charge in [0.2, 0.25) is 0 Å². The topological polar surface area (TPSA) is 12.0 Å². The zero-order chi connectivity index (χ0) is 10.4. The van der Waals surface area contributed by atoms with Crippen molar-refractivity contribution in [2.45, 2.75) is 77.8 Å². The normalized spacial score (nSPS) is 22.5. The number of hydrogen-bond donors (Lipinski definition) is 1. The van der Waals surface area contributed by atoms with Gasteiger partial charge in [-0.2, -0.15) is 0 Å². The summed E-state index contributed by atoms with van der Waals surface area (Å²) in [5.74, 6) is 0.957. The van der Waals surface area contributed by atoms with Crippen molar-refractivity contribution in [3.05, 3.63) is 0 Å². The number of unbranched alkanes of at least 4 members (excludes halogenated alkanes) is 1. The third kappa shape index (κ3) is 4.00. The molecule has 0 aromatic heterocycles. The largest absolute Gasteiger partial charge is 0.312 e. The Kier molecular flexibility index (Phi) is 5.54. The zero-order valence-electron chi connectivity index (χ0n) is 10.2. The Balaban J connectivity index is 2.14. The molecule has 0 bridgehead atoms. The average Bonchev–Trinajstić information content (AvgIpc) is 2.67. The van der Waals surface area contributed by atoms with Crippen LogP contribution in [0.5, 0.6) is 0 Å². The SMILES string of the molecule is CCCCC(C)N[C@@H](C)C1CCCC1. The maximum atomic E-state index is 3.76. The fourth-order valence-electron chi connectivity index (χ4n) is 2.64. The first-order valence-corrected chi connectivity index (χ1v) is 6.50. The van der Waals surface area contributed by atoms with Crippen molar-refractivity contribution in [1.82, 2.24) is 5.32 Å². The van der Waals surface area contributed by atoms with E-state index in [1.807, 2.05) is 0 Å². The summed E-state index contributed by atoms with van der Waals surface area (Å²) < 4.78 is 0. The van der Waals surface area contributed by atoms with Gasteiger partial charge < -0.3 is 5.32 Å². The van der Waals surface area contributed by atoms with Gasteiger partial charge in [-0.15, -0.1) is 0 Å². The molecule has 0 aliphatic heterocycles. The Bertz CT molecular complexity index is 138. The fraction of sp³-hybridized carbons (Fsp3) is 1.00. The molecule has 1 heteroatoms. The molecule has 1 unspecified atom stereocenters. The van der Waals surface area contributed by atoms with E-state index in [2.05, 4.69) is 26.1 Å². The summed E-state index contributed by atoms with van der Waals surface area (Å²) in [6.45, 7) is 6.98. The summed E-state index contributed by atoms with van der Waals surface area (Å²) in [5, 5.41) is 3.76. The second kappa shape index (κ2) is 6.44. The smallest absolute Gasteiger partial charge is 0.00694 e. The molecule has 1 rings (SSSR count). The van der Waals surface area contributed by atoms with Crippen molar-refractivity contribution < 1.29 is 0 Å². The van der Waals surface area contributed by atoms with Crippen LogP contribution in [0.1, 0.15) is 65.7 Å². The monoisotopic (exact) mass is 197 g/mol. The van der Waals surface area contributed by atoms with Crippen LogP contribution in [-0.4, -0.2) is 12.1 Å². The lowest BCUT2D eigenvalue weighted by Gasteiger charge is -2.24. The van der Waals surface area contributed by atoms with Gasteiger partial charge in [-0.1, -0.05) is 32.6 Å². The summed E-state index contributed by atoms with van der Waals surface area (Å²) in [6.07, 6.45) is 9.85. The molecular weight excluding hydrogens is 170 g/mol. The molecule has 1 nitrogen and oxygen atoms in total. The van der Waals surface area contributed by atoms with E-state index in [1.54, 1.807) is 0 Å². The van der Waals surface area contributed by atoms with Crippen LogP contribution in [0.25, 0.3) is 0 Å². The first-order valence-electron chi connectivity index (χ1n) is 6.50. The molecular formula is C13H27N. The molecule has 0 amide bonds. The molecule has 0 aromatic rings. The standard InChI is InChI=1S/C13H27N/c1-4-5-8-11(2)14-12(3)13-9-6-7-10-13/h11-14H,4-10H2,1-3H3/t11?,12-/m0/s1. The third-order valence-corrected chi connectivity index (χ3v) is 3.65. The minimum Gasteiger partial charge on any atom is -0.312 e. The number of nitrogens with one attached hydrogen (secondary N) is 1. The molecule has 1 fully saturated rings. The first kappa shape index (κ1) is 12.0. The van der Waals surface area contributed by atoms with Gasteiger partial charge in [0.1, 0.15) is 0 Å². The van der Waals surface area contributed by atoms with Gasteiger partial charge in [0.05, 0.1) is 0 Å². The van der Waals surface area contributed by atoms with E-state index in [0.717, 1.165) is 12.0 Å². The van der Waals surface area contributed by atoms with Gasteiger partial charge >= 0.3 is 0 Å². The van der Waals surface area contributed by atoms with Gasteiger partial charge in [-0.3, -0.25) is 0 Å². The highest BCUT2D eigenvalue weighted by atomic mass is 14.9. The molecule has 84 valence electrons. The lowest BCUT2D eigenvalue weighted by Crippen LogP contribution is -2.38. The average molecular weight is 197 g/mol.